The molecule has 6 heteroatoms. The van der Waals surface area contributed by atoms with Crippen LogP contribution in [0.15, 0.2) is 24.3 Å². The third-order valence-electron chi connectivity index (χ3n) is 1.83. The first-order valence-corrected chi connectivity index (χ1v) is 5.74. The van der Waals surface area contributed by atoms with Gasteiger partial charge in [-0.3, -0.25) is 9.89 Å². The molecule has 0 unspecified atom stereocenters. The molecular formula is C9H6N2OS3. The number of H-pyrrole nitrogens is 1. The second kappa shape index (κ2) is 4.26. The summed E-state index contributed by atoms with van der Waals surface area (Å²) in [7, 11) is 0. The zero-order chi connectivity index (χ0) is 10.8. The van der Waals surface area contributed by atoms with E-state index in [-0.39, 0.29) is 5.12 Å². The topological polar surface area (TPSA) is 45.8 Å². The summed E-state index contributed by atoms with van der Waals surface area (Å²) >= 11 is 10.1. The van der Waals surface area contributed by atoms with Crippen LogP contribution in [0.3, 0.4) is 0 Å². The second-order valence-corrected chi connectivity index (χ2v) is 4.84. The normalized spacial score (nSPS) is 10.2. The van der Waals surface area contributed by atoms with Gasteiger partial charge in [0.25, 0.3) is 0 Å². The van der Waals surface area contributed by atoms with E-state index in [0.29, 0.717) is 14.5 Å². The Bertz CT molecular complexity index is 558. The summed E-state index contributed by atoms with van der Waals surface area (Å²) in [4.78, 5) is 11.3. The van der Waals surface area contributed by atoms with E-state index in [1.54, 1.807) is 12.1 Å². The van der Waals surface area contributed by atoms with Crippen LogP contribution in [-0.4, -0.2) is 15.3 Å². The van der Waals surface area contributed by atoms with E-state index in [1.807, 2.05) is 12.1 Å². The number of carbonyl (C=O) groups excluding carboxylic acids is 1. The number of aromatic nitrogens is 2. The van der Waals surface area contributed by atoms with Crippen molar-refractivity contribution in [1.82, 2.24) is 10.2 Å². The number of carbonyl (C=O) groups is 1. The van der Waals surface area contributed by atoms with Gasteiger partial charge in [0.1, 0.15) is 5.01 Å². The van der Waals surface area contributed by atoms with Crippen molar-refractivity contribution in [2.45, 2.75) is 0 Å². The number of benzene rings is 1. The van der Waals surface area contributed by atoms with Crippen LogP contribution >= 0.6 is 36.2 Å². The van der Waals surface area contributed by atoms with Crippen molar-refractivity contribution in [3.8, 4) is 10.6 Å². The fourth-order valence-electron chi connectivity index (χ4n) is 1.20. The van der Waals surface area contributed by atoms with Crippen LogP contribution < -0.4 is 0 Å². The Hall–Kier alpha value is -0.980. The Morgan fingerprint density at radius 1 is 1.47 bits per heavy atom. The molecule has 0 spiro atoms. The maximum atomic E-state index is 11.3. The number of nitrogens with zero attached hydrogens (tertiary/aromatic N) is 1. The van der Waals surface area contributed by atoms with Crippen molar-refractivity contribution in [2.75, 3.05) is 0 Å². The zero-order valence-electron chi connectivity index (χ0n) is 7.43. The summed E-state index contributed by atoms with van der Waals surface area (Å²) in [6, 6.07) is 7.18. The van der Waals surface area contributed by atoms with Crippen molar-refractivity contribution in [3.63, 3.8) is 0 Å². The first-order valence-electron chi connectivity index (χ1n) is 4.06. The van der Waals surface area contributed by atoms with Crippen LogP contribution in [-0.2, 0) is 0 Å². The van der Waals surface area contributed by atoms with E-state index < -0.39 is 0 Å². The summed E-state index contributed by atoms with van der Waals surface area (Å²) in [5.41, 5.74) is 1.30. The molecule has 0 bridgehead atoms. The predicted molar refractivity (Wildman–Crippen MR) is 66.1 cm³/mol. The monoisotopic (exact) mass is 254 g/mol. The number of hydrogen-bond acceptors (Lipinski definition) is 4. The predicted octanol–water partition coefficient (Wildman–Crippen LogP) is 2.94. The second-order valence-electron chi connectivity index (χ2n) is 2.77. The molecule has 1 heterocycles. The quantitative estimate of drug-likeness (QED) is 0.640. The maximum Gasteiger partial charge on any atom is 0.217 e. The lowest BCUT2D eigenvalue weighted by atomic mass is 10.1. The van der Waals surface area contributed by atoms with Crippen LogP contribution in [0.1, 0.15) is 10.4 Å². The van der Waals surface area contributed by atoms with E-state index in [1.165, 1.54) is 11.3 Å². The lowest BCUT2D eigenvalue weighted by Gasteiger charge is -2.00. The summed E-state index contributed by atoms with van der Waals surface area (Å²) in [6.45, 7) is 0. The minimum absolute atomic E-state index is 0.272. The van der Waals surface area contributed by atoms with Gasteiger partial charge in [-0.1, -0.05) is 29.5 Å². The molecule has 2 aromatic rings. The molecule has 1 aromatic heterocycles. The molecule has 76 valence electrons. The van der Waals surface area contributed by atoms with Gasteiger partial charge in [-0.2, -0.15) is 5.10 Å². The average molecular weight is 254 g/mol. The van der Waals surface area contributed by atoms with Crippen LogP contribution in [0.5, 0.6) is 0 Å². The van der Waals surface area contributed by atoms with Gasteiger partial charge in [-0.05, 0) is 18.3 Å². The Balaban J connectivity index is 2.62. The van der Waals surface area contributed by atoms with Crippen molar-refractivity contribution < 1.29 is 4.79 Å². The molecule has 1 aromatic carbocycles. The summed E-state index contributed by atoms with van der Waals surface area (Å²) < 4.78 is 0.589. The Morgan fingerprint density at radius 3 is 2.80 bits per heavy atom. The maximum absolute atomic E-state index is 11.3. The highest BCUT2D eigenvalue weighted by Gasteiger charge is 2.11. The van der Waals surface area contributed by atoms with Gasteiger partial charge in [0, 0.05) is 11.1 Å². The molecule has 0 saturated heterocycles. The third kappa shape index (κ3) is 2.17. The van der Waals surface area contributed by atoms with Crippen molar-refractivity contribution in [2.24, 2.45) is 0 Å². The molecule has 1 N–H and O–H groups in total. The zero-order valence-corrected chi connectivity index (χ0v) is 9.96. The minimum Gasteiger partial charge on any atom is -0.282 e. The van der Waals surface area contributed by atoms with Crippen molar-refractivity contribution in [3.05, 3.63) is 33.8 Å². The van der Waals surface area contributed by atoms with Crippen LogP contribution in [0.25, 0.3) is 10.6 Å². The van der Waals surface area contributed by atoms with Crippen LogP contribution in [0.2, 0.25) is 0 Å². The summed E-state index contributed by atoms with van der Waals surface area (Å²) in [5.74, 6) is 0. The van der Waals surface area contributed by atoms with Gasteiger partial charge in [0.05, 0.1) is 0 Å². The molecule has 0 aliphatic heterocycles. The molecule has 0 fully saturated rings. The van der Waals surface area contributed by atoms with Crippen molar-refractivity contribution >= 4 is 41.3 Å². The van der Waals surface area contributed by atoms with E-state index in [4.69, 9.17) is 12.2 Å². The van der Waals surface area contributed by atoms with Gasteiger partial charge < -0.3 is 0 Å². The lowest BCUT2D eigenvalue weighted by molar-refractivity contribution is 0.109. The highest BCUT2D eigenvalue weighted by Crippen LogP contribution is 2.26. The molecule has 0 radical (unpaired) electrons. The summed E-state index contributed by atoms with van der Waals surface area (Å²) in [5, 5.41) is 7.15. The highest BCUT2D eigenvalue weighted by atomic mass is 32.1. The SMILES string of the molecule is O=C(S)c1ccccc1-c1n[nH]c(=S)s1. The van der Waals surface area contributed by atoms with E-state index in [9.17, 15) is 4.79 Å². The van der Waals surface area contributed by atoms with E-state index in [0.717, 1.165) is 5.56 Å². The Morgan fingerprint density at radius 2 is 2.20 bits per heavy atom. The largest absolute Gasteiger partial charge is 0.282 e. The molecule has 0 saturated carbocycles. The van der Waals surface area contributed by atoms with Gasteiger partial charge in [-0.15, -0.1) is 12.6 Å². The van der Waals surface area contributed by atoms with Gasteiger partial charge in [-0.25, -0.2) is 0 Å². The van der Waals surface area contributed by atoms with E-state index in [2.05, 4.69) is 22.8 Å². The Labute approximate surface area is 101 Å². The highest BCUT2D eigenvalue weighted by molar-refractivity contribution is 7.97. The standard InChI is InChI=1S/C9H6N2OS3/c12-8(13)6-4-2-1-3-5(6)7-10-11-9(14)15-7/h1-4H,(H,11,14)(H,12,13). The fraction of sp³-hybridized carbons (Fsp3) is 0. The van der Waals surface area contributed by atoms with Crippen molar-refractivity contribution in [1.29, 1.82) is 0 Å². The molecule has 0 amide bonds. The minimum atomic E-state index is -0.272. The summed E-state index contributed by atoms with van der Waals surface area (Å²) in [6.07, 6.45) is 0. The van der Waals surface area contributed by atoms with Gasteiger partial charge >= 0.3 is 0 Å². The number of thiol groups is 1. The molecule has 2 rings (SSSR count). The number of rotatable bonds is 2. The molecule has 3 nitrogen and oxygen atoms in total. The molecule has 15 heavy (non-hydrogen) atoms. The van der Waals surface area contributed by atoms with Crippen LogP contribution in [0, 0.1) is 3.95 Å². The fourth-order valence-corrected chi connectivity index (χ4v) is 2.32. The molecule has 0 atom stereocenters. The number of hydrogen-bond donors (Lipinski definition) is 2. The lowest BCUT2D eigenvalue weighted by Crippen LogP contribution is -1.92. The van der Waals surface area contributed by atoms with E-state index >= 15 is 0 Å². The first kappa shape index (κ1) is 10.5. The number of aromatic amines is 1. The van der Waals surface area contributed by atoms with Gasteiger partial charge in [0.15, 0.2) is 3.95 Å². The smallest absolute Gasteiger partial charge is 0.217 e. The third-order valence-corrected chi connectivity index (χ3v) is 3.19. The van der Waals surface area contributed by atoms with Gasteiger partial charge in [0.2, 0.25) is 5.12 Å². The number of nitrogens with one attached hydrogen (secondary N) is 1. The molecular weight excluding hydrogens is 248 g/mol. The average Bonchev–Trinajstić information content (AvgIpc) is 2.65. The van der Waals surface area contributed by atoms with Crippen LogP contribution in [0.4, 0.5) is 0 Å². The molecule has 0 aliphatic carbocycles. The first-order chi connectivity index (χ1) is 7.18. The molecule has 0 aliphatic rings. The Kier molecular flexibility index (Phi) is 2.99.